The third kappa shape index (κ3) is 6.84. The standard InChI is InChI=1S/C27H29NO5/c1-20(29)28(16-15-21-9-14-26(31-2)27(17-21)32-3)18-25(30)23-10-12-24(13-11-23)33-19-22-7-5-4-6-8-22/h4-14,17H,15-16,18-19H2,1-3H3. The number of methoxy groups -OCH3 is 2. The van der Waals surface area contributed by atoms with Crippen LogP contribution in [0.5, 0.6) is 17.2 Å². The summed E-state index contributed by atoms with van der Waals surface area (Å²) in [6.07, 6.45) is 0.597. The molecule has 172 valence electrons. The van der Waals surface area contributed by atoms with Crippen molar-refractivity contribution in [2.24, 2.45) is 0 Å². The number of carbonyl (C=O) groups is 2. The molecule has 0 heterocycles. The van der Waals surface area contributed by atoms with E-state index in [4.69, 9.17) is 14.2 Å². The average Bonchev–Trinajstić information content (AvgIpc) is 2.85. The summed E-state index contributed by atoms with van der Waals surface area (Å²) >= 11 is 0. The van der Waals surface area contributed by atoms with Crippen molar-refractivity contribution in [1.82, 2.24) is 4.90 Å². The first-order valence-corrected chi connectivity index (χ1v) is 10.8. The Kier molecular flexibility index (Phi) is 8.47. The summed E-state index contributed by atoms with van der Waals surface area (Å²) in [6.45, 7) is 2.38. The molecule has 3 aromatic carbocycles. The summed E-state index contributed by atoms with van der Waals surface area (Å²) in [5.74, 6) is 1.71. The van der Waals surface area contributed by atoms with Crippen LogP contribution in [-0.4, -0.2) is 43.9 Å². The van der Waals surface area contributed by atoms with Gasteiger partial charge in [-0.15, -0.1) is 0 Å². The quantitative estimate of drug-likeness (QED) is 0.403. The molecule has 6 nitrogen and oxygen atoms in total. The molecule has 0 aliphatic heterocycles. The minimum atomic E-state index is -0.147. The first-order chi connectivity index (χ1) is 16.0. The van der Waals surface area contributed by atoms with Gasteiger partial charge in [0.1, 0.15) is 12.4 Å². The summed E-state index contributed by atoms with van der Waals surface area (Å²) in [5.41, 5.74) is 2.61. The third-order valence-corrected chi connectivity index (χ3v) is 5.32. The van der Waals surface area contributed by atoms with Crippen LogP contribution < -0.4 is 14.2 Å². The number of rotatable bonds is 11. The summed E-state index contributed by atoms with van der Waals surface area (Å²) in [7, 11) is 3.17. The maximum Gasteiger partial charge on any atom is 0.219 e. The highest BCUT2D eigenvalue weighted by atomic mass is 16.5. The lowest BCUT2D eigenvalue weighted by Gasteiger charge is -2.20. The van der Waals surface area contributed by atoms with Crippen molar-refractivity contribution in [3.63, 3.8) is 0 Å². The maximum absolute atomic E-state index is 12.8. The van der Waals surface area contributed by atoms with Crippen LogP contribution >= 0.6 is 0 Å². The summed E-state index contributed by atoms with van der Waals surface area (Å²) in [5, 5.41) is 0. The number of nitrogens with zero attached hydrogens (tertiary/aromatic N) is 1. The van der Waals surface area contributed by atoms with Gasteiger partial charge in [-0.05, 0) is 53.9 Å². The van der Waals surface area contributed by atoms with Gasteiger partial charge in [-0.25, -0.2) is 0 Å². The van der Waals surface area contributed by atoms with Gasteiger partial charge in [-0.1, -0.05) is 36.4 Å². The molecule has 0 unspecified atom stereocenters. The number of amides is 1. The summed E-state index contributed by atoms with van der Waals surface area (Å²) in [4.78, 5) is 26.5. The zero-order chi connectivity index (χ0) is 23.6. The Hall–Kier alpha value is -3.80. The molecule has 1 amide bonds. The Bertz CT molecular complexity index is 1060. The Morgan fingerprint density at radius 2 is 1.52 bits per heavy atom. The van der Waals surface area contributed by atoms with E-state index in [0.29, 0.717) is 42.4 Å². The molecule has 3 aromatic rings. The molecule has 0 N–H and O–H groups in total. The van der Waals surface area contributed by atoms with Crippen LogP contribution in [0.25, 0.3) is 0 Å². The molecule has 0 aliphatic carbocycles. The molecule has 0 saturated carbocycles. The fraction of sp³-hybridized carbons (Fsp3) is 0.259. The minimum absolute atomic E-state index is 0.0207. The van der Waals surface area contributed by atoms with E-state index < -0.39 is 0 Å². The molecule has 0 aliphatic rings. The van der Waals surface area contributed by atoms with Gasteiger partial charge in [-0.2, -0.15) is 0 Å². The fourth-order valence-corrected chi connectivity index (χ4v) is 3.39. The molecule has 33 heavy (non-hydrogen) atoms. The number of hydrogen-bond donors (Lipinski definition) is 0. The van der Waals surface area contributed by atoms with Gasteiger partial charge in [0, 0.05) is 19.0 Å². The predicted molar refractivity (Wildman–Crippen MR) is 127 cm³/mol. The molecule has 0 fully saturated rings. The van der Waals surface area contributed by atoms with Crippen LogP contribution in [0.4, 0.5) is 0 Å². The Balaban J connectivity index is 1.56. The Morgan fingerprint density at radius 3 is 2.15 bits per heavy atom. The van der Waals surface area contributed by atoms with Crippen molar-refractivity contribution in [3.05, 3.63) is 89.5 Å². The maximum atomic E-state index is 12.8. The van der Waals surface area contributed by atoms with Gasteiger partial charge >= 0.3 is 0 Å². The first-order valence-electron chi connectivity index (χ1n) is 10.8. The molecule has 0 radical (unpaired) electrons. The van der Waals surface area contributed by atoms with Gasteiger partial charge < -0.3 is 19.1 Å². The molecule has 0 aromatic heterocycles. The van der Waals surface area contributed by atoms with Crippen LogP contribution in [0.1, 0.15) is 28.4 Å². The minimum Gasteiger partial charge on any atom is -0.493 e. The molecule has 0 spiro atoms. The Morgan fingerprint density at radius 1 is 0.818 bits per heavy atom. The van der Waals surface area contributed by atoms with Crippen molar-refractivity contribution in [2.75, 3.05) is 27.3 Å². The second-order valence-corrected chi connectivity index (χ2v) is 7.60. The van der Waals surface area contributed by atoms with Crippen LogP contribution in [-0.2, 0) is 17.8 Å². The van der Waals surface area contributed by atoms with E-state index >= 15 is 0 Å². The highest BCUT2D eigenvalue weighted by Gasteiger charge is 2.16. The summed E-state index contributed by atoms with van der Waals surface area (Å²) in [6, 6.07) is 22.5. The number of ether oxygens (including phenoxy) is 3. The van der Waals surface area contributed by atoms with E-state index in [1.807, 2.05) is 48.5 Å². The number of hydrogen-bond acceptors (Lipinski definition) is 5. The molecular formula is C27H29NO5. The second-order valence-electron chi connectivity index (χ2n) is 7.60. The van der Waals surface area contributed by atoms with E-state index in [1.54, 1.807) is 43.4 Å². The zero-order valence-corrected chi connectivity index (χ0v) is 19.2. The molecule has 3 rings (SSSR count). The van der Waals surface area contributed by atoms with E-state index in [9.17, 15) is 9.59 Å². The fourth-order valence-electron chi connectivity index (χ4n) is 3.39. The monoisotopic (exact) mass is 447 g/mol. The number of benzene rings is 3. The van der Waals surface area contributed by atoms with Crippen LogP contribution in [0.2, 0.25) is 0 Å². The van der Waals surface area contributed by atoms with Gasteiger partial charge in [0.2, 0.25) is 5.91 Å². The topological polar surface area (TPSA) is 65.1 Å². The highest BCUT2D eigenvalue weighted by molar-refractivity contribution is 5.99. The smallest absolute Gasteiger partial charge is 0.219 e. The van der Waals surface area contributed by atoms with E-state index in [-0.39, 0.29) is 18.2 Å². The van der Waals surface area contributed by atoms with Gasteiger partial charge in [0.05, 0.1) is 20.8 Å². The molecule has 0 saturated heterocycles. The van der Waals surface area contributed by atoms with Crippen LogP contribution in [0, 0.1) is 0 Å². The summed E-state index contributed by atoms with van der Waals surface area (Å²) < 4.78 is 16.4. The van der Waals surface area contributed by atoms with E-state index in [0.717, 1.165) is 11.1 Å². The Labute approximate surface area is 194 Å². The van der Waals surface area contributed by atoms with Crippen molar-refractivity contribution in [3.8, 4) is 17.2 Å². The SMILES string of the molecule is COc1ccc(CCN(CC(=O)c2ccc(OCc3ccccc3)cc2)C(C)=O)cc1OC. The second kappa shape index (κ2) is 11.7. The normalized spacial score (nSPS) is 10.4. The number of ketones is 1. The van der Waals surface area contributed by atoms with Gasteiger partial charge in [-0.3, -0.25) is 9.59 Å². The van der Waals surface area contributed by atoms with Crippen LogP contribution in [0.15, 0.2) is 72.8 Å². The largest absolute Gasteiger partial charge is 0.493 e. The van der Waals surface area contributed by atoms with Crippen LogP contribution in [0.3, 0.4) is 0 Å². The molecule has 0 bridgehead atoms. The van der Waals surface area contributed by atoms with Crippen molar-refractivity contribution < 1.29 is 23.8 Å². The zero-order valence-electron chi connectivity index (χ0n) is 19.2. The molecule has 0 atom stereocenters. The van der Waals surface area contributed by atoms with Gasteiger partial charge in [0.15, 0.2) is 17.3 Å². The molecule has 6 heteroatoms. The third-order valence-electron chi connectivity index (χ3n) is 5.32. The number of carbonyl (C=O) groups excluding carboxylic acids is 2. The highest BCUT2D eigenvalue weighted by Crippen LogP contribution is 2.27. The molecular weight excluding hydrogens is 418 g/mol. The van der Waals surface area contributed by atoms with E-state index in [1.165, 1.54) is 6.92 Å². The lowest BCUT2D eigenvalue weighted by molar-refractivity contribution is -0.128. The van der Waals surface area contributed by atoms with Gasteiger partial charge in [0.25, 0.3) is 0 Å². The predicted octanol–water partition coefficient (Wildman–Crippen LogP) is 4.56. The lowest BCUT2D eigenvalue weighted by Crippen LogP contribution is -2.35. The van der Waals surface area contributed by atoms with Crippen molar-refractivity contribution in [1.29, 1.82) is 0 Å². The van der Waals surface area contributed by atoms with Crippen molar-refractivity contribution in [2.45, 2.75) is 20.0 Å². The van der Waals surface area contributed by atoms with E-state index in [2.05, 4.69) is 0 Å². The average molecular weight is 448 g/mol. The lowest BCUT2D eigenvalue weighted by atomic mass is 10.1. The number of Topliss-reactive ketones (excluding diaryl/α,β-unsaturated/α-hetero) is 1. The first kappa shape index (κ1) is 23.9. The van der Waals surface area contributed by atoms with Crippen molar-refractivity contribution >= 4 is 11.7 Å².